The van der Waals surface area contributed by atoms with Crippen molar-refractivity contribution in [3.8, 4) is 0 Å². The summed E-state index contributed by atoms with van der Waals surface area (Å²) in [6.45, 7) is 2.13. The predicted octanol–water partition coefficient (Wildman–Crippen LogP) is 4.38. The first-order chi connectivity index (χ1) is 10.9. The second-order valence-electron chi connectivity index (χ2n) is 5.76. The van der Waals surface area contributed by atoms with Crippen molar-refractivity contribution in [2.75, 3.05) is 23.3 Å². The van der Waals surface area contributed by atoms with Crippen LogP contribution in [0.25, 0.3) is 10.2 Å². The first-order valence-corrected chi connectivity index (χ1v) is 8.62. The van der Waals surface area contributed by atoms with Crippen LogP contribution in [0.15, 0.2) is 54.6 Å². The summed E-state index contributed by atoms with van der Waals surface area (Å²) in [6.07, 6.45) is 2.43. The average molecular weight is 309 g/mol. The second-order valence-corrected chi connectivity index (χ2v) is 6.77. The molecular weight excluding hydrogens is 290 g/mol. The van der Waals surface area contributed by atoms with Crippen LogP contribution in [-0.2, 0) is 0 Å². The zero-order chi connectivity index (χ0) is 14.8. The number of hydrogen-bond donors (Lipinski definition) is 1. The van der Waals surface area contributed by atoms with E-state index in [-0.39, 0.29) is 0 Å². The molecule has 2 aromatic carbocycles. The van der Waals surface area contributed by atoms with Gasteiger partial charge in [0.25, 0.3) is 0 Å². The zero-order valence-electron chi connectivity index (χ0n) is 12.4. The molecule has 1 unspecified atom stereocenters. The number of nitrogens with one attached hydrogen (secondary N) is 1. The lowest BCUT2D eigenvalue weighted by Gasteiger charge is -2.33. The van der Waals surface area contributed by atoms with Gasteiger partial charge in [0.15, 0.2) is 5.13 Å². The molecule has 0 spiro atoms. The van der Waals surface area contributed by atoms with Crippen LogP contribution < -0.4 is 10.2 Å². The van der Waals surface area contributed by atoms with E-state index in [1.54, 1.807) is 11.3 Å². The van der Waals surface area contributed by atoms with Gasteiger partial charge in [0, 0.05) is 24.8 Å². The molecule has 1 aliphatic heterocycles. The van der Waals surface area contributed by atoms with Crippen LogP contribution >= 0.6 is 11.3 Å². The molecule has 0 aliphatic carbocycles. The fourth-order valence-electron chi connectivity index (χ4n) is 3.03. The van der Waals surface area contributed by atoms with E-state index in [2.05, 4.69) is 64.8 Å². The van der Waals surface area contributed by atoms with Gasteiger partial charge >= 0.3 is 0 Å². The molecule has 0 saturated carbocycles. The third-order valence-corrected chi connectivity index (χ3v) is 5.22. The Hall–Kier alpha value is -2.07. The Kier molecular flexibility index (Phi) is 3.69. The smallest absolute Gasteiger partial charge is 0.186 e. The number of piperidine rings is 1. The van der Waals surface area contributed by atoms with E-state index in [0.717, 1.165) is 23.7 Å². The Morgan fingerprint density at radius 3 is 2.73 bits per heavy atom. The van der Waals surface area contributed by atoms with Gasteiger partial charge < -0.3 is 10.2 Å². The summed E-state index contributed by atoms with van der Waals surface area (Å²) in [7, 11) is 0. The number of rotatable bonds is 3. The molecule has 1 atom stereocenters. The SMILES string of the molecule is c1ccc(NC2CCCN(c3nc4ccccc4s3)C2)cc1. The quantitative estimate of drug-likeness (QED) is 0.778. The van der Waals surface area contributed by atoms with Gasteiger partial charge in [0.2, 0.25) is 0 Å². The lowest BCUT2D eigenvalue weighted by molar-refractivity contribution is 0.530. The minimum atomic E-state index is 0.489. The minimum absolute atomic E-state index is 0.489. The first kappa shape index (κ1) is 13.6. The molecule has 22 heavy (non-hydrogen) atoms. The monoisotopic (exact) mass is 309 g/mol. The van der Waals surface area contributed by atoms with Crippen LogP contribution in [0, 0.1) is 0 Å². The molecule has 1 N–H and O–H groups in total. The van der Waals surface area contributed by atoms with Gasteiger partial charge in [-0.15, -0.1) is 0 Å². The zero-order valence-corrected chi connectivity index (χ0v) is 13.2. The molecule has 1 aromatic heterocycles. The van der Waals surface area contributed by atoms with Gasteiger partial charge in [0.05, 0.1) is 10.2 Å². The molecule has 3 nitrogen and oxygen atoms in total. The maximum Gasteiger partial charge on any atom is 0.186 e. The topological polar surface area (TPSA) is 28.2 Å². The Morgan fingerprint density at radius 1 is 1.05 bits per heavy atom. The molecular formula is C18H19N3S. The summed E-state index contributed by atoms with van der Waals surface area (Å²) < 4.78 is 1.27. The average Bonchev–Trinajstić information content (AvgIpc) is 3.00. The second kappa shape index (κ2) is 5.97. The van der Waals surface area contributed by atoms with Crippen molar-refractivity contribution in [1.82, 2.24) is 4.98 Å². The Morgan fingerprint density at radius 2 is 1.86 bits per heavy atom. The third kappa shape index (κ3) is 2.79. The summed E-state index contributed by atoms with van der Waals surface area (Å²) in [6, 6.07) is 19.4. The van der Waals surface area contributed by atoms with Crippen LogP contribution in [0.2, 0.25) is 0 Å². The van der Waals surface area contributed by atoms with Crippen LogP contribution in [0.1, 0.15) is 12.8 Å². The van der Waals surface area contributed by atoms with Gasteiger partial charge in [-0.25, -0.2) is 4.98 Å². The van der Waals surface area contributed by atoms with Crippen molar-refractivity contribution in [2.24, 2.45) is 0 Å². The molecule has 3 aromatic rings. The van der Waals surface area contributed by atoms with E-state index < -0.39 is 0 Å². The number of benzene rings is 2. The summed E-state index contributed by atoms with van der Waals surface area (Å²) in [5.41, 5.74) is 2.32. The number of nitrogens with zero attached hydrogens (tertiary/aromatic N) is 2. The van der Waals surface area contributed by atoms with E-state index >= 15 is 0 Å². The fraction of sp³-hybridized carbons (Fsp3) is 0.278. The third-order valence-electron chi connectivity index (χ3n) is 4.12. The number of thiazole rings is 1. The van der Waals surface area contributed by atoms with Gasteiger partial charge in [-0.1, -0.05) is 41.7 Å². The highest BCUT2D eigenvalue weighted by Gasteiger charge is 2.22. The highest BCUT2D eigenvalue weighted by Crippen LogP contribution is 2.30. The van der Waals surface area contributed by atoms with Crippen LogP contribution in [0.5, 0.6) is 0 Å². The first-order valence-electron chi connectivity index (χ1n) is 7.80. The van der Waals surface area contributed by atoms with Crippen LogP contribution in [0.3, 0.4) is 0 Å². The lowest BCUT2D eigenvalue weighted by Crippen LogP contribution is -2.42. The van der Waals surface area contributed by atoms with E-state index in [0.29, 0.717) is 6.04 Å². The molecule has 1 saturated heterocycles. The van der Waals surface area contributed by atoms with Crippen molar-refractivity contribution < 1.29 is 0 Å². The summed E-state index contributed by atoms with van der Waals surface area (Å²) in [5, 5.41) is 4.80. The van der Waals surface area contributed by atoms with Gasteiger partial charge in [-0.3, -0.25) is 0 Å². The molecule has 0 amide bonds. The van der Waals surface area contributed by atoms with E-state index in [9.17, 15) is 0 Å². The maximum atomic E-state index is 4.79. The Bertz CT molecular complexity index is 720. The minimum Gasteiger partial charge on any atom is -0.381 e. The van der Waals surface area contributed by atoms with Gasteiger partial charge in [-0.2, -0.15) is 0 Å². The highest BCUT2D eigenvalue weighted by molar-refractivity contribution is 7.22. The fourth-order valence-corrected chi connectivity index (χ4v) is 4.03. The van der Waals surface area contributed by atoms with Crippen LogP contribution in [0.4, 0.5) is 10.8 Å². The molecule has 112 valence electrons. The van der Waals surface area contributed by atoms with Gasteiger partial charge in [-0.05, 0) is 37.1 Å². The largest absolute Gasteiger partial charge is 0.381 e. The summed E-state index contributed by atoms with van der Waals surface area (Å²) in [5.74, 6) is 0. The predicted molar refractivity (Wildman–Crippen MR) is 94.9 cm³/mol. The molecule has 2 heterocycles. The Labute approximate surface area is 134 Å². The number of aromatic nitrogens is 1. The molecule has 0 radical (unpaired) electrons. The highest BCUT2D eigenvalue weighted by atomic mass is 32.1. The molecule has 1 fully saturated rings. The molecule has 0 bridgehead atoms. The van der Waals surface area contributed by atoms with Crippen molar-refractivity contribution >= 4 is 32.4 Å². The van der Waals surface area contributed by atoms with Crippen molar-refractivity contribution in [1.29, 1.82) is 0 Å². The Balaban J connectivity index is 1.50. The summed E-state index contributed by atoms with van der Waals surface area (Å²) >= 11 is 1.80. The summed E-state index contributed by atoms with van der Waals surface area (Å²) in [4.78, 5) is 7.22. The molecule has 4 rings (SSSR count). The number of anilines is 2. The van der Waals surface area contributed by atoms with Gasteiger partial charge in [0.1, 0.15) is 0 Å². The molecule has 4 heteroatoms. The number of fused-ring (bicyclic) bond motifs is 1. The lowest BCUT2D eigenvalue weighted by atomic mass is 10.1. The van der Waals surface area contributed by atoms with E-state index in [1.807, 2.05) is 0 Å². The van der Waals surface area contributed by atoms with Crippen molar-refractivity contribution in [3.05, 3.63) is 54.6 Å². The van der Waals surface area contributed by atoms with E-state index in [1.165, 1.54) is 23.2 Å². The standard InChI is InChI=1S/C18H19N3S/c1-2-7-14(8-3-1)19-15-9-6-12-21(13-15)18-20-16-10-4-5-11-17(16)22-18/h1-5,7-8,10-11,15,19H,6,9,12-13H2. The molecule has 1 aliphatic rings. The van der Waals surface area contributed by atoms with Crippen molar-refractivity contribution in [2.45, 2.75) is 18.9 Å². The van der Waals surface area contributed by atoms with Crippen molar-refractivity contribution in [3.63, 3.8) is 0 Å². The maximum absolute atomic E-state index is 4.79. The van der Waals surface area contributed by atoms with E-state index in [4.69, 9.17) is 4.98 Å². The van der Waals surface area contributed by atoms with Crippen LogP contribution in [-0.4, -0.2) is 24.1 Å². The normalized spacial score (nSPS) is 18.5. The number of hydrogen-bond acceptors (Lipinski definition) is 4. The number of para-hydroxylation sites is 2.